The highest BCUT2D eigenvalue weighted by molar-refractivity contribution is 5.86. The van der Waals surface area contributed by atoms with Gasteiger partial charge in [0.1, 0.15) is 0 Å². The third-order valence-corrected chi connectivity index (χ3v) is 7.18. The molecule has 0 spiro atoms. The lowest BCUT2D eigenvalue weighted by Crippen LogP contribution is -2.54. The minimum atomic E-state index is -1.14. The molecule has 1 aromatic carbocycles. The van der Waals surface area contributed by atoms with Crippen molar-refractivity contribution in [2.24, 2.45) is 11.8 Å². The van der Waals surface area contributed by atoms with E-state index in [9.17, 15) is 9.59 Å². The number of carbonyl (C=O) groups is 2. The number of rotatable bonds is 4. The number of aryl methyl sites for hydroxylation is 1. The fourth-order valence-corrected chi connectivity index (χ4v) is 5.36. The van der Waals surface area contributed by atoms with E-state index in [-0.39, 0.29) is 17.8 Å². The molecule has 0 radical (unpaired) electrons. The number of hydrogen-bond acceptors (Lipinski definition) is 6. The first-order valence-electron chi connectivity index (χ1n) is 11.6. The van der Waals surface area contributed by atoms with Crippen molar-refractivity contribution >= 4 is 17.7 Å². The molecular weight excluding hydrogens is 422 g/mol. The number of aromatic carboxylic acids is 1. The maximum Gasteiger partial charge on any atom is 0.356 e. The average molecular weight is 454 g/mol. The first kappa shape index (κ1) is 21.9. The van der Waals surface area contributed by atoms with Crippen molar-refractivity contribution < 1.29 is 19.4 Å². The zero-order valence-electron chi connectivity index (χ0n) is 19.2. The maximum atomic E-state index is 12.9. The van der Waals surface area contributed by atoms with E-state index in [4.69, 9.17) is 9.84 Å². The number of nitrogens with zero attached hydrogens (tertiary/aromatic N) is 5. The van der Waals surface area contributed by atoms with Gasteiger partial charge in [-0.25, -0.2) is 9.59 Å². The second-order valence-corrected chi connectivity index (χ2v) is 9.61. The number of fused-ring (bicyclic) bond motifs is 1. The minimum Gasteiger partial charge on any atom is -0.476 e. The predicted octanol–water partition coefficient (Wildman–Crippen LogP) is 2.15. The molecule has 9 heteroatoms. The third kappa shape index (κ3) is 4.35. The molecule has 2 aromatic rings. The van der Waals surface area contributed by atoms with E-state index >= 15 is 0 Å². The molecule has 9 nitrogen and oxygen atoms in total. The van der Waals surface area contributed by atoms with Gasteiger partial charge in [0, 0.05) is 69.0 Å². The molecule has 1 amide bonds. The second-order valence-electron chi connectivity index (χ2n) is 9.61. The Morgan fingerprint density at radius 3 is 2.55 bits per heavy atom. The summed E-state index contributed by atoms with van der Waals surface area (Å²) in [5.74, 6) is 0.135. The van der Waals surface area contributed by atoms with E-state index in [1.807, 2.05) is 6.92 Å². The fourth-order valence-electron chi connectivity index (χ4n) is 5.36. The first-order valence-corrected chi connectivity index (χ1v) is 11.6. The lowest BCUT2D eigenvalue weighted by molar-refractivity contribution is 0.0689. The molecule has 3 atom stereocenters. The molecule has 1 aromatic heterocycles. The van der Waals surface area contributed by atoms with Gasteiger partial charge in [-0.3, -0.25) is 4.90 Å². The molecule has 3 saturated heterocycles. The van der Waals surface area contributed by atoms with Gasteiger partial charge in [0.15, 0.2) is 5.69 Å². The van der Waals surface area contributed by atoms with Crippen LogP contribution in [0.25, 0.3) is 0 Å². The quantitative estimate of drug-likeness (QED) is 0.759. The molecule has 0 bridgehead atoms. The van der Waals surface area contributed by atoms with E-state index in [0.717, 1.165) is 50.6 Å². The van der Waals surface area contributed by atoms with Crippen molar-refractivity contribution in [3.05, 3.63) is 47.3 Å². The summed E-state index contributed by atoms with van der Waals surface area (Å²) in [7, 11) is 0. The lowest BCUT2D eigenvalue weighted by atomic mass is 10.0. The number of piperazine rings is 1. The van der Waals surface area contributed by atoms with Crippen molar-refractivity contribution in [3.63, 3.8) is 0 Å². The molecule has 1 N–H and O–H groups in total. The monoisotopic (exact) mass is 453 g/mol. The molecular formula is C24H31N5O4. The van der Waals surface area contributed by atoms with Gasteiger partial charge in [0.2, 0.25) is 0 Å². The minimum absolute atomic E-state index is 0.000851. The van der Waals surface area contributed by atoms with E-state index in [2.05, 4.69) is 40.0 Å². The molecule has 0 aliphatic carbocycles. The number of carbonyl (C=O) groups excluding carboxylic acids is 1. The summed E-state index contributed by atoms with van der Waals surface area (Å²) in [6.07, 6.45) is 1.42. The van der Waals surface area contributed by atoms with Crippen LogP contribution in [0.3, 0.4) is 0 Å². The average Bonchev–Trinajstić information content (AvgIpc) is 3.51. The summed E-state index contributed by atoms with van der Waals surface area (Å²) in [6, 6.07) is 7.79. The Balaban J connectivity index is 1.25. The van der Waals surface area contributed by atoms with Crippen LogP contribution in [0.4, 0.5) is 10.5 Å². The largest absolute Gasteiger partial charge is 0.476 e. The van der Waals surface area contributed by atoms with Crippen molar-refractivity contribution in [3.8, 4) is 0 Å². The standard InChI is InChI=1S/C24H31N5O4/c1-16-3-4-18(22(9-16)27-12-19-14-33-15-20(19)13-27)11-26-7-8-28(17(2)10-26)24(32)29-6-5-21(25-29)23(30)31/h3-6,9,17,19-20H,7-8,10-15H2,1-2H3,(H,30,31)/t17-,19?,20?/m0/s1. The van der Waals surface area contributed by atoms with Crippen LogP contribution in [0, 0.1) is 18.8 Å². The van der Waals surface area contributed by atoms with Gasteiger partial charge in [0.05, 0.1) is 13.2 Å². The normalized spacial score (nSPS) is 25.5. The van der Waals surface area contributed by atoms with Crippen molar-refractivity contribution in [2.75, 3.05) is 50.8 Å². The summed E-state index contributed by atoms with van der Waals surface area (Å²) in [5.41, 5.74) is 3.80. The molecule has 4 heterocycles. The highest BCUT2D eigenvalue weighted by atomic mass is 16.5. The van der Waals surface area contributed by atoms with Crippen LogP contribution >= 0.6 is 0 Å². The zero-order valence-corrected chi connectivity index (χ0v) is 19.2. The maximum absolute atomic E-state index is 12.9. The summed E-state index contributed by atoms with van der Waals surface area (Å²) < 4.78 is 6.78. The molecule has 5 rings (SSSR count). The lowest BCUT2D eigenvalue weighted by Gasteiger charge is -2.40. The predicted molar refractivity (Wildman–Crippen MR) is 123 cm³/mol. The van der Waals surface area contributed by atoms with Crippen LogP contribution in [-0.2, 0) is 11.3 Å². The van der Waals surface area contributed by atoms with Gasteiger partial charge in [-0.1, -0.05) is 12.1 Å². The van der Waals surface area contributed by atoms with Gasteiger partial charge in [-0.15, -0.1) is 0 Å². The van der Waals surface area contributed by atoms with Gasteiger partial charge < -0.3 is 19.6 Å². The zero-order chi connectivity index (χ0) is 23.1. The van der Waals surface area contributed by atoms with Crippen LogP contribution in [-0.4, -0.2) is 88.7 Å². The van der Waals surface area contributed by atoms with E-state index in [0.29, 0.717) is 18.4 Å². The van der Waals surface area contributed by atoms with Crippen molar-refractivity contribution in [1.82, 2.24) is 19.6 Å². The number of benzene rings is 1. The van der Waals surface area contributed by atoms with Crippen LogP contribution < -0.4 is 4.90 Å². The topological polar surface area (TPSA) is 91.1 Å². The first-order chi connectivity index (χ1) is 15.9. The number of ether oxygens (including phenoxy) is 1. The SMILES string of the molecule is Cc1ccc(CN2CCN(C(=O)n3ccc(C(=O)O)n3)[C@@H](C)C2)c(N2CC3COCC3C2)c1. The highest BCUT2D eigenvalue weighted by Crippen LogP contribution is 2.35. The van der Waals surface area contributed by atoms with Gasteiger partial charge >= 0.3 is 12.0 Å². The van der Waals surface area contributed by atoms with E-state index < -0.39 is 5.97 Å². The Hall–Kier alpha value is -2.91. The fraction of sp³-hybridized carbons (Fsp3) is 0.542. The number of aromatic nitrogens is 2. The summed E-state index contributed by atoms with van der Waals surface area (Å²) in [4.78, 5) is 30.6. The van der Waals surface area contributed by atoms with Crippen molar-refractivity contribution in [2.45, 2.75) is 26.4 Å². The Morgan fingerprint density at radius 2 is 1.88 bits per heavy atom. The van der Waals surface area contributed by atoms with Gasteiger partial charge in [-0.05, 0) is 37.1 Å². The Bertz CT molecular complexity index is 1040. The van der Waals surface area contributed by atoms with Crippen LogP contribution in [0.15, 0.2) is 30.5 Å². The summed E-state index contributed by atoms with van der Waals surface area (Å²) in [5, 5.41) is 13.0. The molecule has 33 heavy (non-hydrogen) atoms. The van der Waals surface area contributed by atoms with Gasteiger partial charge in [-0.2, -0.15) is 9.78 Å². The van der Waals surface area contributed by atoms with Crippen LogP contribution in [0.5, 0.6) is 0 Å². The van der Waals surface area contributed by atoms with Crippen LogP contribution in [0.2, 0.25) is 0 Å². The number of carboxylic acids is 1. The smallest absolute Gasteiger partial charge is 0.356 e. The number of anilines is 1. The number of amides is 1. The summed E-state index contributed by atoms with van der Waals surface area (Å²) in [6.45, 7) is 11.0. The highest BCUT2D eigenvalue weighted by Gasteiger charge is 2.38. The number of carboxylic acid groups (broad SMARTS) is 1. The van der Waals surface area contributed by atoms with Crippen molar-refractivity contribution in [1.29, 1.82) is 0 Å². The number of hydrogen-bond donors (Lipinski definition) is 1. The summed E-state index contributed by atoms with van der Waals surface area (Å²) >= 11 is 0. The molecule has 3 aliphatic heterocycles. The molecule has 3 fully saturated rings. The Morgan fingerprint density at radius 1 is 1.12 bits per heavy atom. The molecule has 3 aliphatic rings. The van der Waals surface area contributed by atoms with Crippen LogP contribution in [0.1, 0.15) is 28.5 Å². The van der Waals surface area contributed by atoms with Gasteiger partial charge in [0.25, 0.3) is 0 Å². The Labute approximate surface area is 193 Å². The molecule has 176 valence electrons. The molecule has 2 unspecified atom stereocenters. The van der Waals surface area contributed by atoms with E-state index in [1.54, 1.807) is 4.90 Å². The second kappa shape index (κ2) is 8.79. The Kier molecular flexibility index (Phi) is 5.84. The third-order valence-electron chi connectivity index (χ3n) is 7.18. The van der Waals surface area contributed by atoms with E-state index in [1.165, 1.54) is 29.1 Å². The molecule has 0 saturated carbocycles.